The molecule has 0 radical (unpaired) electrons. The first-order valence-corrected chi connectivity index (χ1v) is 6.31. The predicted molar refractivity (Wildman–Crippen MR) is 71.7 cm³/mol. The van der Waals surface area contributed by atoms with Gasteiger partial charge in [0, 0.05) is 42.3 Å². The van der Waals surface area contributed by atoms with E-state index in [1.165, 1.54) is 0 Å². The van der Waals surface area contributed by atoms with Crippen molar-refractivity contribution in [2.75, 3.05) is 13.1 Å². The minimum absolute atomic E-state index is 0.0226. The number of carbonyl (C=O) groups excluding carboxylic acids is 1. The van der Waals surface area contributed by atoms with Crippen molar-refractivity contribution in [1.29, 1.82) is 0 Å². The Morgan fingerprint density at radius 2 is 2.33 bits per heavy atom. The molecule has 1 aliphatic rings. The van der Waals surface area contributed by atoms with Gasteiger partial charge in [0.2, 0.25) is 0 Å². The van der Waals surface area contributed by atoms with Gasteiger partial charge in [0.1, 0.15) is 0 Å². The van der Waals surface area contributed by atoms with Crippen LogP contribution in [0, 0.1) is 0 Å². The first kappa shape index (κ1) is 11.3. The van der Waals surface area contributed by atoms with E-state index in [4.69, 9.17) is 0 Å². The first-order valence-electron chi connectivity index (χ1n) is 6.31. The summed E-state index contributed by atoms with van der Waals surface area (Å²) in [5, 5.41) is 7.41. The van der Waals surface area contributed by atoms with Gasteiger partial charge >= 0.3 is 0 Å². The van der Waals surface area contributed by atoms with Crippen LogP contribution in [0.3, 0.4) is 0 Å². The summed E-state index contributed by atoms with van der Waals surface area (Å²) < 4.78 is 2.05. The zero-order valence-corrected chi connectivity index (χ0v) is 10.4. The van der Waals surface area contributed by atoms with Gasteiger partial charge in [-0.3, -0.25) is 4.79 Å². The zero-order valence-electron chi connectivity index (χ0n) is 10.4. The van der Waals surface area contributed by atoms with Crippen LogP contribution in [0.2, 0.25) is 0 Å². The highest BCUT2D eigenvalue weighted by Gasteiger charge is 2.17. The summed E-state index contributed by atoms with van der Waals surface area (Å²) in [5.74, 6) is 0.0226. The summed E-state index contributed by atoms with van der Waals surface area (Å²) in [6.07, 6.45) is 3.02. The molecule has 3 rings (SSSR count). The van der Waals surface area contributed by atoms with Gasteiger partial charge in [-0.05, 0) is 37.2 Å². The summed E-state index contributed by atoms with van der Waals surface area (Å²) in [6.45, 7) is 1.86. The van der Waals surface area contributed by atoms with Crippen molar-refractivity contribution >= 4 is 16.8 Å². The van der Waals surface area contributed by atoms with E-state index in [1.807, 2.05) is 37.5 Å². The number of amides is 1. The number of benzene rings is 1. The van der Waals surface area contributed by atoms with E-state index in [0.717, 1.165) is 36.0 Å². The Balaban J connectivity index is 1.82. The maximum Gasteiger partial charge on any atom is 0.251 e. The third kappa shape index (κ3) is 1.99. The fourth-order valence-electron chi connectivity index (χ4n) is 2.47. The summed E-state index contributed by atoms with van der Waals surface area (Å²) in [7, 11) is 2.01. The highest BCUT2D eigenvalue weighted by atomic mass is 16.1. The van der Waals surface area contributed by atoms with Crippen molar-refractivity contribution in [3.63, 3.8) is 0 Å². The Kier molecular flexibility index (Phi) is 2.80. The maximum atomic E-state index is 12.1. The fourth-order valence-corrected chi connectivity index (χ4v) is 2.47. The molecule has 1 fully saturated rings. The van der Waals surface area contributed by atoms with Crippen molar-refractivity contribution in [2.45, 2.75) is 12.5 Å². The molecule has 0 spiro atoms. The van der Waals surface area contributed by atoms with Crippen LogP contribution in [0.4, 0.5) is 0 Å². The van der Waals surface area contributed by atoms with E-state index in [9.17, 15) is 4.79 Å². The summed E-state index contributed by atoms with van der Waals surface area (Å²) in [4.78, 5) is 12.1. The van der Waals surface area contributed by atoms with Gasteiger partial charge in [-0.2, -0.15) is 0 Å². The molecule has 2 aromatic rings. The quantitative estimate of drug-likeness (QED) is 0.834. The molecule has 94 valence electrons. The van der Waals surface area contributed by atoms with Crippen molar-refractivity contribution in [3.8, 4) is 0 Å². The molecule has 1 atom stereocenters. The Labute approximate surface area is 106 Å². The smallest absolute Gasteiger partial charge is 0.251 e. The van der Waals surface area contributed by atoms with Gasteiger partial charge < -0.3 is 15.2 Å². The normalized spacial score (nSPS) is 19.3. The molecule has 1 aromatic heterocycles. The van der Waals surface area contributed by atoms with Gasteiger partial charge in [0.25, 0.3) is 5.91 Å². The largest absolute Gasteiger partial charge is 0.351 e. The van der Waals surface area contributed by atoms with E-state index in [1.54, 1.807) is 0 Å². The van der Waals surface area contributed by atoms with Crippen LogP contribution in [-0.2, 0) is 7.05 Å². The number of nitrogens with one attached hydrogen (secondary N) is 2. The van der Waals surface area contributed by atoms with Gasteiger partial charge in [0.15, 0.2) is 0 Å². The van der Waals surface area contributed by atoms with Crippen LogP contribution in [0.5, 0.6) is 0 Å². The second-order valence-corrected chi connectivity index (χ2v) is 4.86. The average molecular weight is 243 g/mol. The number of aromatic nitrogens is 1. The van der Waals surface area contributed by atoms with E-state index in [0.29, 0.717) is 0 Å². The summed E-state index contributed by atoms with van der Waals surface area (Å²) >= 11 is 0. The molecular formula is C14H17N3O. The first-order chi connectivity index (χ1) is 8.74. The lowest BCUT2D eigenvalue weighted by molar-refractivity contribution is 0.0940. The molecule has 4 heteroatoms. The molecule has 2 N–H and O–H groups in total. The maximum absolute atomic E-state index is 12.1. The minimum Gasteiger partial charge on any atom is -0.351 e. The molecule has 1 amide bonds. The lowest BCUT2D eigenvalue weighted by Crippen LogP contribution is -2.36. The molecule has 2 heterocycles. The number of nitrogens with zero attached hydrogens (tertiary/aromatic N) is 1. The average Bonchev–Trinajstić information content (AvgIpc) is 2.99. The highest BCUT2D eigenvalue weighted by Crippen LogP contribution is 2.16. The molecule has 0 saturated carbocycles. The molecule has 18 heavy (non-hydrogen) atoms. The van der Waals surface area contributed by atoms with E-state index in [-0.39, 0.29) is 11.9 Å². The number of fused-ring (bicyclic) bond motifs is 1. The Hall–Kier alpha value is -1.81. The number of hydrogen-bond donors (Lipinski definition) is 2. The molecule has 1 saturated heterocycles. The van der Waals surface area contributed by atoms with Crippen molar-refractivity contribution in [2.24, 2.45) is 7.05 Å². The van der Waals surface area contributed by atoms with Crippen molar-refractivity contribution in [1.82, 2.24) is 15.2 Å². The van der Waals surface area contributed by atoms with E-state index in [2.05, 4.69) is 15.2 Å². The van der Waals surface area contributed by atoms with Gasteiger partial charge in [-0.1, -0.05) is 0 Å². The molecule has 1 aliphatic heterocycles. The molecule has 4 nitrogen and oxygen atoms in total. The van der Waals surface area contributed by atoms with Crippen LogP contribution in [-0.4, -0.2) is 29.6 Å². The Bertz CT molecular complexity index is 582. The van der Waals surface area contributed by atoms with Crippen LogP contribution >= 0.6 is 0 Å². The summed E-state index contributed by atoms with van der Waals surface area (Å²) in [5.41, 5.74) is 1.88. The van der Waals surface area contributed by atoms with E-state index >= 15 is 0 Å². The minimum atomic E-state index is 0.0226. The lowest BCUT2D eigenvalue weighted by Gasteiger charge is -2.11. The molecule has 0 aliphatic carbocycles. The third-order valence-electron chi connectivity index (χ3n) is 3.54. The topological polar surface area (TPSA) is 46.1 Å². The van der Waals surface area contributed by atoms with Crippen LogP contribution in [0.1, 0.15) is 16.8 Å². The second kappa shape index (κ2) is 4.46. The molecular weight excluding hydrogens is 226 g/mol. The van der Waals surface area contributed by atoms with Crippen LogP contribution in [0.25, 0.3) is 10.9 Å². The van der Waals surface area contributed by atoms with E-state index < -0.39 is 0 Å². The SMILES string of the molecule is Cn1ccc2cc(C(=O)NC3CCNC3)ccc21. The molecule has 1 aromatic carbocycles. The third-order valence-corrected chi connectivity index (χ3v) is 3.54. The molecule has 1 unspecified atom stereocenters. The van der Waals surface area contributed by atoms with Crippen LogP contribution < -0.4 is 10.6 Å². The number of rotatable bonds is 2. The Morgan fingerprint density at radius 1 is 1.44 bits per heavy atom. The standard InChI is InChI=1S/C14H17N3O/c1-17-7-5-10-8-11(2-3-13(10)17)14(18)16-12-4-6-15-9-12/h2-3,5,7-8,12,15H,4,6,9H2,1H3,(H,16,18). The predicted octanol–water partition coefficient (Wildman–Crippen LogP) is 1.27. The van der Waals surface area contributed by atoms with Gasteiger partial charge in [-0.15, -0.1) is 0 Å². The van der Waals surface area contributed by atoms with Gasteiger partial charge in [0.05, 0.1) is 0 Å². The monoisotopic (exact) mass is 243 g/mol. The number of aryl methyl sites for hydroxylation is 1. The van der Waals surface area contributed by atoms with Crippen molar-refractivity contribution in [3.05, 3.63) is 36.0 Å². The van der Waals surface area contributed by atoms with Crippen LogP contribution in [0.15, 0.2) is 30.5 Å². The van der Waals surface area contributed by atoms with Crippen molar-refractivity contribution < 1.29 is 4.79 Å². The summed E-state index contributed by atoms with van der Waals surface area (Å²) in [6, 6.07) is 8.14. The zero-order chi connectivity index (χ0) is 12.5. The lowest BCUT2D eigenvalue weighted by atomic mass is 10.1. The number of carbonyl (C=O) groups is 1. The van der Waals surface area contributed by atoms with Gasteiger partial charge in [-0.25, -0.2) is 0 Å². The fraction of sp³-hybridized carbons (Fsp3) is 0.357. The molecule has 0 bridgehead atoms. The highest BCUT2D eigenvalue weighted by molar-refractivity contribution is 5.98. The number of hydrogen-bond acceptors (Lipinski definition) is 2. The second-order valence-electron chi connectivity index (χ2n) is 4.86. The Morgan fingerprint density at radius 3 is 3.11 bits per heavy atom.